The average molecular weight is 345 g/mol. The van der Waals surface area contributed by atoms with Crippen LogP contribution in [-0.2, 0) is 20.9 Å². The maximum Gasteiger partial charge on any atom is 0.374 e. The van der Waals surface area contributed by atoms with E-state index in [1.54, 1.807) is 11.0 Å². The van der Waals surface area contributed by atoms with E-state index in [-0.39, 0.29) is 24.9 Å². The second-order valence-electron chi connectivity index (χ2n) is 5.44. The number of hydrogen-bond acceptors (Lipinski definition) is 6. The van der Waals surface area contributed by atoms with Crippen LogP contribution in [0.3, 0.4) is 0 Å². The Balaban J connectivity index is 1.46. The molecule has 1 aromatic carbocycles. The first kappa shape index (κ1) is 17.0. The van der Waals surface area contributed by atoms with Crippen LogP contribution < -0.4 is 4.74 Å². The first-order valence-corrected chi connectivity index (χ1v) is 8.01. The Bertz CT molecular complexity index is 705. The third kappa shape index (κ3) is 4.84. The normalized spacial score (nSPS) is 14.2. The van der Waals surface area contributed by atoms with Crippen molar-refractivity contribution in [1.82, 2.24) is 4.90 Å². The molecule has 7 nitrogen and oxygen atoms in total. The van der Waals surface area contributed by atoms with Gasteiger partial charge in [0.05, 0.1) is 13.2 Å². The summed E-state index contributed by atoms with van der Waals surface area (Å²) in [6.45, 7) is 1.92. The summed E-state index contributed by atoms with van der Waals surface area (Å²) in [5, 5.41) is 0. The van der Waals surface area contributed by atoms with Crippen LogP contribution in [0, 0.1) is 0 Å². The number of ether oxygens (including phenoxy) is 3. The number of amides is 1. The number of para-hydroxylation sites is 1. The molecule has 132 valence electrons. The molecule has 1 aliphatic heterocycles. The minimum atomic E-state index is -0.674. The van der Waals surface area contributed by atoms with Crippen molar-refractivity contribution in [3.8, 4) is 5.75 Å². The number of esters is 1. The Hall–Kier alpha value is -2.80. The van der Waals surface area contributed by atoms with E-state index < -0.39 is 5.97 Å². The van der Waals surface area contributed by atoms with Gasteiger partial charge in [-0.3, -0.25) is 4.79 Å². The summed E-state index contributed by atoms with van der Waals surface area (Å²) in [7, 11) is 0. The van der Waals surface area contributed by atoms with E-state index in [0.29, 0.717) is 37.8 Å². The predicted molar refractivity (Wildman–Crippen MR) is 87.2 cm³/mol. The molecule has 1 fully saturated rings. The molecule has 3 rings (SSSR count). The molecule has 0 atom stereocenters. The first-order valence-electron chi connectivity index (χ1n) is 8.01. The van der Waals surface area contributed by atoms with Gasteiger partial charge in [-0.1, -0.05) is 18.2 Å². The van der Waals surface area contributed by atoms with Crippen molar-refractivity contribution in [3.63, 3.8) is 0 Å². The summed E-state index contributed by atoms with van der Waals surface area (Å²) in [4.78, 5) is 25.5. The van der Waals surface area contributed by atoms with Crippen LogP contribution >= 0.6 is 0 Å². The quantitative estimate of drug-likeness (QED) is 0.744. The molecular weight excluding hydrogens is 326 g/mol. The second kappa shape index (κ2) is 8.34. The molecule has 2 heterocycles. The topological polar surface area (TPSA) is 78.2 Å². The highest BCUT2D eigenvalue weighted by molar-refractivity contribution is 5.88. The molecule has 25 heavy (non-hydrogen) atoms. The predicted octanol–water partition coefficient (Wildman–Crippen LogP) is 1.87. The van der Waals surface area contributed by atoms with Gasteiger partial charge in [0.1, 0.15) is 18.1 Å². The van der Waals surface area contributed by atoms with E-state index in [2.05, 4.69) is 0 Å². The third-order valence-electron chi connectivity index (χ3n) is 3.68. The number of carbonyl (C=O) groups is 2. The van der Waals surface area contributed by atoms with E-state index in [9.17, 15) is 9.59 Å². The zero-order valence-corrected chi connectivity index (χ0v) is 13.7. The molecule has 0 spiro atoms. The summed E-state index contributed by atoms with van der Waals surface area (Å²) in [6.07, 6.45) is 0. The molecular formula is C18H19NO6. The number of carbonyl (C=O) groups excluding carboxylic acids is 2. The van der Waals surface area contributed by atoms with Gasteiger partial charge in [0.2, 0.25) is 5.76 Å². The fourth-order valence-electron chi connectivity index (χ4n) is 2.34. The van der Waals surface area contributed by atoms with E-state index in [1.165, 1.54) is 6.07 Å². The molecule has 0 N–H and O–H groups in total. The van der Waals surface area contributed by atoms with E-state index in [1.807, 2.05) is 30.3 Å². The molecule has 1 saturated heterocycles. The molecule has 0 unspecified atom stereocenters. The second-order valence-corrected chi connectivity index (χ2v) is 5.44. The molecule has 0 aliphatic carbocycles. The molecule has 7 heteroatoms. The molecule has 0 bridgehead atoms. The van der Waals surface area contributed by atoms with Crippen molar-refractivity contribution < 1.29 is 28.2 Å². The van der Waals surface area contributed by atoms with Gasteiger partial charge in [0, 0.05) is 13.1 Å². The SMILES string of the molecule is O=C(OCC(=O)N1CCOCC1)c1ccc(COc2ccccc2)o1. The Labute approximate surface area is 145 Å². The van der Waals surface area contributed by atoms with Gasteiger partial charge in [-0.15, -0.1) is 0 Å². The zero-order chi connectivity index (χ0) is 17.5. The van der Waals surface area contributed by atoms with Crippen LogP contribution in [0.15, 0.2) is 46.9 Å². The number of hydrogen-bond donors (Lipinski definition) is 0. The molecule has 1 aliphatic rings. The van der Waals surface area contributed by atoms with Crippen molar-refractivity contribution in [2.75, 3.05) is 32.9 Å². The highest BCUT2D eigenvalue weighted by Gasteiger charge is 2.20. The highest BCUT2D eigenvalue weighted by atomic mass is 16.6. The number of benzene rings is 1. The molecule has 2 aromatic rings. The molecule has 0 saturated carbocycles. The Morgan fingerprint density at radius 1 is 1.04 bits per heavy atom. The van der Waals surface area contributed by atoms with Crippen molar-refractivity contribution in [3.05, 3.63) is 54.0 Å². The van der Waals surface area contributed by atoms with Crippen molar-refractivity contribution >= 4 is 11.9 Å². The van der Waals surface area contributed by atoms with E-state index in [4.69, 9.17) is 18.6 Å². The van der Waals surface area contributed by atoms with Crippen LogP contribution in [0.2, 0.25) is 0 Å². The number of furan rings is 1. The van der Waals surface area contributed by atoms with Crippen LogP contribution in [-0.4, -0.2) is 49.7 Å². The maximum absolute atomic E-state index is 12.0. The van der Waals surface area contributed by atoms with Crippen molar-refractivity contribution in [2.45, 2.75) is 6.61 Å². The standard InChI is InChI=1S/C18H19NO6/c20-17(19-8-10-22-11-9-19)13-24-18(21)16-7-6-15(25-16)12-23-14-4-2-1-3-5-14/h1-7H,8-13H2. The molecule has 0 radical (unpaired) electrons. The largest absolute Gasteiger partial charge is 0.486 e. The monoisotopic (exact) mass is 345 g/mol. The fourth-order valence-corrected chi connectivity index (χ4v) is 2.34. The van der Waals surface area contributed by atoms with Gasteiger partial charge < -0.3 is 23.5 Å². The number of nitrogens with zero attached hydrogens (tertiary/aromatic N) is 1. The van der Waals surface area contributed by atoms with Gasteiger partial charge in [0.25, 0.3) is 5.91 Å². The first-order chi connectivity index (χ1) is 12.2. The Morgan fingerprint density at radius 2 is 1.80 bits per heavy atom. The van der Waals surface area contributed by atoms with Crippen molar-refractivity contribution in [2.24, 2.45) is 0 Å². The lowest BCUT2D eigenvalue weighted by molar-refractivity contribution is -0.138. The van der Waals surface area contributed by atoms with Crippen LogP contribution in [0.25, 0.3) is 0 Å². The van der Waals surface area contributed by atoms with E-state index >= 15 is 0 Å². The van der Waals surface area contributed by atoms with Crippen LogP contribution in [0.4, 0.5) is 0 Å². The lowest BCUT2D eigenvalue weighted by atomic mass is 10.3. The van der Waals surface area contributed by atoms with E-state index in [0.717, 1.165) is 0 Å². The zero-order valence-electron chi connectivity index (χ0n) is 13.7. The average Bonchev–Trinajstić information content (AvgIpc) is 3.15. The minimum absolute atomic E-state index is 0.0430. The fraction of sp³-hybridized carbons (Fsp3) is 0.333. The lowest BCUT2D eigenvalue weighted by Gasteiger charge is -2.26. The summed E-state index contributed by atoms with van der Waals surface area (Å²) < 4.78 is 21.1. The minimum Gasteiger partial charge on any atom is -0.486 e. The summed E-state index contributed by atoms with van der Waals surface area (Å²) >= 11 is 0. The Morgan fingerprint density at radius 3 is 2.56 bits per heavy atom. The maximum atomic E-state index is 12.0. The summed E-state index contributed by atoms with van der Waals surface area (Å²) in [5.41, 5.74) is 0. The molecule has 1 aromatic heterocycles. The van der Waals surface area contributed by atoms with Gasteiger partial charge in [-0.05, 0) is 24.3 Å². The summed E-state index contributed by atoms with van der Waals surface area (Å²) in [5.74, 6) is 0.333. The van der Waals surface area contributed by atoms with Gasteiger partial charge >= 0.3 is 5.97 Å². The third-order valence-corrected chi connectivity index (χ3v) is 3.68. The van der Waals surface area contributed by atoms with Gasteiger partial charge in [0.15, 0.2) is 6.61 Å². The van der Waals surface area contributed by atoms with Crippen LogP contribution in [0.1, 0.15) is 16.3 Å². The smallest absolute Gasteiger partial charge is 0.374 e. The van der Waals surface area contributed by atoms with Gasteiger partial charge in [-0.2, -0.15) is 0 Å². The number of morpholine rings is 1. The number of rotatable bonds is 6. The highest BCUT2D eigenvalue weighted by Crippen LogP contribution is 2.14. The summed E-state index contributed by atoms with van der Waals surface area (Å²) in [6, 6.07) is 12.4. The van der Waals surface area contributed by atoms with Crippen LogP contribution in [0.5, 0.6) is 5.75 Å². The van der Waals surface area contributed by atoms with Gasteiger partial charge in [-0.25, -0.2) is 4.79 Å². The van der Waals surface area contributed by atoms with Crippen molar-refractivity contribution in [1.29, 1.82) is 0 Å². The molecule has 1 amide bonds. The lowest BCUT2D eigenvalue weighted by Crippen LogP contribution is -2.42. The Kier molecular flexibility index (Phi) is 5.69.